The lowest BCUT2D eigenvalue weighted by molar-refractivity contribution is 0.0143. The normalized spacial score (nSPS) is 27.7. The summed E-state index contributed by atoms with van der Waals surface area (Å²) in [4.78, 5) is 0. The van der Waals surface area contributed by atoms with Gasteiger partial charge in [0.15, 0.2) is 0 Å². The van der Waals surface area contributed by atoms with Crippen molar-refractivity contribution >= 4 is 0 Å². The largest absolute Gasteiger partial charge is 0.393 e. The van der Waals surface area contributed by atoms with Gasteiger partial charge in [0.25, 0.3) is 0 Å². The molecule has 118 valence electrons. The second-order valence-corrected chi connectivity index (χ2v) is 8.64. The highest BCUT2D eigenvalue weighted by atomic mass is 16.3. The Hall–Kier alpha value is -0.820. The van der Waals surface area contributed by atoms with E-state index in [1.54, 1.807) is 0 Å². The Labute approximate surface area is 130 Å². The van der Waals surface area contributed by atoms with E-state index in [0.29, 0.717) is 11.8 Å². The van der Waals surface area contributed by atoms with Crippen molar-refractivity contribution in [2.75, 3.05) is 0 Å². The van der Waals surface area contributed by atoms with Crippen LogP contribution in [0.4, 0.5) is 0 Å². The molecule has 0 aromatic heterocycles. The van der Waals surface area contributed by atoms with Gasteiger partial charge in [-0.05, 0) is 46.6 Å². The van der Waals surface area contributed by atoms with Gasteiger partial charge in [-0.15, -0.1) is 0 Å². The third kappa shape index (κ3) is 3.51. The van der Waals surface area contributed by atoms with E-state index in [1.807, 2.05) is 0 Å². The molecule has 1 aromatic carbocycles. The molecular weight excluding hydrogens is 256 g/mol. The van der Waals surface area contributed by atoms with E-state index in [-0.39, 0.29) is 16.9 Å². The molecule has 1 aliphatic carbocycles. The monoisotopic (exact) mass is 288 g/mol. The summed E-state index contributed by atoms with van der Waals surface area (Å²) >= 11 is 0. The maximum absolute atomic E-state index is 10.5. The number of aliphatic hydroxyl groups is 1. The van der Waals surface area contributed by atoms with Gasteiger partial charge in [0, 0.05) is 0 Å². The minimum Gasteiger partial charge on any atom is -0.393 e. The number of aliphatic hydroxyl groups excluding tert-OH is 1. The van der Waals surface area contributed by atoms with Crippen LogP contribution in [0, 0.1) is 11.8 Å². The van der Waals surface area contributed by atoms with E-state index in [2.05, 4.69) is 65.8 Å². The highest BCUT2D eigenvalue weighted by Crippen LogP contribution is 2.42. The van der Waals surface area contributed by atoms with E-state index < -0.39 is 0 Å². The Morgan fingerprint density at radius 2 is 1.43 bits per heavy atom. The van der Waals surface area contributed by atoms with Crippen LogP contribution >= 0.6 is 0 Å². The van der Waals surface area contributed by atoms with Gasteiger partial charge >= 0.3 is 0 Å². The van der Waals surface area contributed by atoms with Gasteiger partial charge in [0.2, 0.25) is 0 Å². The average Bonchev–Trinajstić information content (AvgIpc) is 2.37. The van der Waals surface area contributed by atoms with Crippen LogP contribution in [-0.4, -0.2) is 11.2 Å². The predicted molar refractivity (Wildman–Crippen MR) is 90.7 cm³/mol. The van der Waals surface area contributed by atoms with E-state index in [1.165, 1.54) is 17.5 Å². The maximum Gasteiger partial charge on any atom is 0.0579 e. The molecule has 0 aliphatic heterocycles. The van der Waals surface area contributed by atoms with Crippen LogP contribution in [0.2, 0.25) is 0 Å². The first-order chi connectivity index (χ1) is 9.62. The van der Waals surface area contributed by atoms with E-state index in [4.69, 9.17) is 0 Å². The summed E-state index contributed by atoms with van der Waals surface area (Å²) < 4.78 is 0. The SMILES string of the molecule is CC1CCC(C(C)(C)c2ccc(C(C)(C)C)cc2)C(O)C1. The Morgan fingerprint density at radius 3 is 1.90 bits per heavy atom. The van der Waals surface area contributed by atoms with Crippen LogP contribution in [0.15, 0.2) is 24.3 Å². The third-order valence-corrected chi connectivity index (χ3v) is 5.50. The summed E-state index contributed by atoms with van der Waals surface area (Å²) in [6, 6.07) is 9.06. The molecule has 0 saturated heterocycles. The Balaban J connectivity index is 2.23. The Morgan fingerprint density at radius 1 is 0.905 bits per heavy atom. The van der Waals surface area contributed by atoms with Crippen LogP contribution in [0.3, 0.4) is 0 Å². The zero-order valence-electron chi connectivity index (χ0n) is 14.6. The standard InChI is InChI=1S/C20H32O/c1-14-7-12-17(18(21)13-14)20(5,6)16-10-8-15(9-11-16)19(2,3)4/h8-11,14,17-18,21H,7,12-13H2,1-6H3. The van der Waals surface area contributed by atoms with Gasteiger partial charge in [0.1, 0.15) is 0 Å². The number of hydrogen-bond acceptors (Lipinski definition) is 1. The zero-order chi connectivity index (χ0) is 15.8. The topological polar surface area (TPSA) is 20.2 Å². The summed E-state index contributed by atoms with van der Waals surface area (Å²) in [5.41, 5.74) is 2.97. The van der Waals surface area contributed by atoms with Crippen molar-refractivity contribution in [1.29, 1.82) is 0 Å². The fraction of sp³-hybridized carbons (Fsp3) is 0.700. The van der Waals surface area contributed by atoms with Gasteiger partial charge in [-0.3, -0.25) is 0 Å². The summed E-state index contributed by atoms with van der Waals surface area (Å²) in [5.74, 6) is 1.03. The summed E-state index contributed by atoms with van der Waals surface area (Å²) in [6.45, 7) is 13.6. The van der Waals surface area contributed by atoms with Crippen molar-refractivity contribution in [3.63, 3.8) is 0 Å². The zero-order valence-corrected chi connectivity index (χ0v) is 14.6. The van der Waals surface area contributed by atoms with Crippen molar-refractivity contribution in [1.82, 2.24) is 0 Å². The Bertz CT molecular complexity index is 464. The molecule has 1 saturated carbocycles. The average molecular weight is 288 g/mol. The summed E-state index contributed by atoms with van der Waals surface area (Å²) in [7, 11) is 0. The second kappa shape index (κ2) is 5.76. The van der Waals surface area contributed by atoms with Gasteiger partial charge in [-0.25, -0.2) is 0 Å². The molecule has 3 unspecified atom stereocenters. The van der Waals surface area contributed by atoms with Crippen molar-refractivity contribution in [2.24, 2.45) is 11.8 Å². The van der Waals surface area contributed by atoms with Crippen LogP contribution in [0.5, 0.6) is 0 Å². The second-order valence-electron chi connectivity index (χ2n) is 8.64. The molecule has 1 N–H and O–H groups in total. The number of hydrogen-bond donors (Lipinski definition) is 1. The predicted octanol–water partition coefficient (Wildman–Crippen LogP) is 5.06. The van der Waals surface area contributed by atoms with Crippen LogP contribution < -0.4 is 0 Å². The van der Waals surface area contributed by atoms with Gasteiger partial charge in [-0.1, -0.05) is 72.2 Å². The molecule has 1 aromatic rings. The molecular formula is C20H32O. The molecule has 0 amide bonds. The molecule has 0 heterocycles. The van der Waals surface area contributed by atoms with Crippen molar-refractivity contribution < 1.29 is 5.11 Å². The van der Waals surface area contributed by atoms with Crippen LogP contribution in [-0.2, 0) is 10.8 Å². The fourth-order valence-electron chi connectivity index (χ4n) is 3.81. The molecule has 21 heavy (non-hydrogen) atoms. The maximum atomic E-state index is 10.5. The van der Waals surface area contributed by atoms with E-state index >= 15 is 0 Å². The molecule has 3 atom stereocenters. The fourth-order valence-corrected chi connectivity index (χ4v) is 3.81. The third-order valence-electron chi connectivity index (χ3n) is 5.50. The highest BCUT2D eigenvalue weighted by Gasteiger charge is 2.39. The lowest BCUT2D eigenvalue weighted by Crippen LogP contribution is -2.41. The minimum atomic E-state index is -0.161. The smallest absolute Gasteiger partial charge is 0.0579 e. The van der Waals surface area contributed by atoms with Gasteiger partial charge < -0.3 is 5.11 Å². The molecule has 0 radical (unpaired) electrons. The molecule has 1 heteroatoms. The first kappa shape index (κ1) is 16.5. The lowest BCUT2D eigenvalue weighted by Gasteiger charge is -2.42. The Kier molecular flexibility index (Phi) is 4.54. The number of rotatable bonds is 2. The van der Waals surface area contributed by atoms with E-state index in [9.17, 15) is 5.11 Å². The summed E-state index contributed by atoms with van der Waals surface area (Å²) in [6.07, 6.45) is 3.17. The molecule has 1 aliphatic rings. The molecule has 0 bridgehead atoms. The van der Waals surface area contributed by atoms with Crippen molar-refractivity contribution in [2.45, 2.75) is 77.7 Å². The lowest BCUT2D eigenvalue weighted by atomic mass is 9.64. The highest BCUT2D eigenvalue weighted by molar-refractivity contribution is 5.32. The first-order valence-electron chi connectivity index (χ1n) is 8.41. The van der Waals surface area contributed by atoms with Crippen molar-refractivity contribution in [3.05, 3.63) is 35.4 Å². The van der Waals surface area contributed by atoms with Crippen LogP contribution in [0.1, 0.15) is 71.9 Å². The van der Waals surface area contributed by atoms with Crippen molar-refractivity contribution in [3.8, 4) is 0 Å². The van der Waals surface area contributed by atoms with Crippen LogP contribution in [0.25, 0.3) is 0 Å². The first-order valence-corrected chi connectivity index (χ1v) is 8.41. The van der Waals surface area contributed by atoms with Gasteiger partial charge in [-0.2, -0.15) is 0 Å². The minimum absolute atomic E-state index is 0.0377. The van der Waals surface area contributed by atoms with Gasteiger partial charge in [0.05, 0.1) is 6.10 Å². The molecule has 1 fully saturated rings. The number of benzene rings is 1. The quantitative estimate of drug-likeness (QED) is 0.806. The molecule has 0 spiro atoms. The van der Waals surface area contributed by atoms with E-state index in [0.717, 1.165) is 12.8 Å². The molecule has 1 nitrogen and oxygen atoms in total. The summed E-state index contributed by atoms with van der Waals surface area (Å²) in [5, 5.41) is 10.5. The molecule has 2 rings (SSSR count).